The molecule has 0 rings (SSSR count). The Labute approximate surface area is 165 Å². The standard InChI is InChI=1S/2C5H14O3SSi.2C2H5.Sn/c2*1-6-10(7-2,8-3)5-4-9;2*1-2;/h2*9H,4-5H2,1-3H3;2*1H2,2H3;/q;;;;+2/p-2. The summed E-state index contributed by atoms with van der Waals surface area (Å²) in [7, 11) is 9.49. The molecule has 0 fully saturated rings. The molecule has 11 heteroatoms. The van der Waals surface area contributed by atoms with Crippen LogP contribution >= 0.6 is 17.9 Å². The fraction of sp³-hybridized carbons (Fsp3) is 1.00. The molecule has 0 aliphatic heterocycles. The van der Waals surface area contributed by atoms with Crippen molar-refractivity contribution in [3.63, 3.8) is 0 Å². The molecule has 0 bridgehead atoms. The Bertz CT molecular complexity index is 301. The van der Waals surface area contributed by atoms with E-state index in [0.717, 1.165) is 23.6 Å². The monoisotopic (exact) mass is 540 g/mol. The second-order valence-electron chi connectivity index (χ2n) is 5.41. The first-order valence-corrected chi connectivity index (χ1v) is 25.4. The van der Waals surface area contributed by atoms with Crippen LogP contribution in [0.1, 0.15) is 13.8 Å². The van der Waals surface area contributed by atoms with Crippen LogP contribution in [0.5, 0.6) is 0 Å². The number of hydrogen-bond donors (Lipinski definition) is 0. The molecule has 0 saturated carbocycles. The zero-order chi connectivity index (χ0) is 19.4. The van der Waals surface area contributed by atoms with E-state index in [0.29, 0.717) is 0 Å². The summed E-state index contributed by atoms with van der Waals surface area (Å²) in [6, 6.07) is 1.71. The first kappa shape index (κ1) is 26.7. The molecule has 0 aromatic carbocycles. The summed E-state index contributed by atoms with van der Waals surface area (Å²) in [5, 5.41) is 0. The van der Waals surface area contributed by atoms with Crippen LogP contribution in [-0.2, 0) is 26.6 Å². The topological polar surface area (TPSA) is 55.4 Å². The van der Waals surface area contributed by atoms with Crippen LogP contribution in [0.2, 0.25) is 21.0 Å². The van der Waals surface area contributed by atoms with Crippen molar-refractivity contribution in [1.82, 2.24) is 0 Å². The van der Waals surface area contributed by atoms with E-state index < -0.39 is 33.2 Å². The van der Waals surface area contributed by atoms with Crippen LogP contribution in [0, 0.1) is 0 Å². The van der Waals surface area contributed by atoms with Gasteiger partial charge in [0.05, 0.1) is 0 Å². The minimum absolute atomic E-state index is 0.854. The average Bonchev–Trinajstić information content (AvgIpc) is 2.68. The zero-order valence-corrected chi connectivity index (χ0v) is 23.5. The Morgan fingerprint density at radius 3 is 1.08 bits per heavy atom. The van der Waals surface area contributed by atoms with Gasteiger partial charge in [-0.15, -0.1) is 0 Å². The molecule has 0 spiro atoms. The third-order valence-electron chi connectivity index (χ3n) is 4.49. The van der Waals surface area contributed by atoms with Gasteiger partial charge in [-0.3, -0.25) is 0 Å². The van der Waals surface area contributed by atoms with Crippen molar-refractivity contribution in [3.8, 4) is 0 Å². The summed E-state index contributed by atoms with van der Waals surface area (Å²) in [5.41, 5.74) is 0. The van der Waals surface area contributed by atoms with E-state index in [9.17, 15) is 0 Å². The van der Waals surface area contributed by atoms with E-state index in [1.54, 1.807) is 42.7 Å². The molecular formula is C14H36O6S2Si2Sn. The van der Waals surface area contributed by atoms with E-state index in [1.807, 2.05) is 0 Å². The molecule has 0 radical (unpaired) electrons. The van der Waals surface area contributed by atoms with Crippen LogP contribution in [0.25, 0.3) is 0 Å². The maximum absolute atomic E-state index is 5.54. The summed E-state index contributed by atoms with van der Waals surface area (Å²) in [6.07, 6.45) is 0. The second kappa shape index (κ2) is 13.8. The van der Waals surface area contributed by atoms with Gasteiger partial charge in [0.1, 0.15) is 0 Å². The Morgan fingerprint density at radius 2 is 0.880 bits per heavy atom. The normalized spacial score (nSPS) is 13.4. The Kier molecular flexibility index (Phi) is 14.7. The van der Waals surface area contributed by atoms with E-state index in [2.05, 4.69) is 31.7 Å². The van der Waals surface area contributed by atoms with E-state index >= 15 is 0 Å². The molecule has 0 aliphatic carbocycles. The summed E-state index contributed by atoms with van der Waals surface area (Å²) < 4.78 is 35.8. The number of rotatable bonds is 16. The predicted molar refractivity (Wildman–Crippen MR) is 115 cm³/mol. The van der Waals surface area contributed by atoms with Crippen molar-refractivity contribution in [2.45, 2.75) is 34.8 Å². The first-order valence-electron chi connectivity index (χ1n) is 8.49. The van der Waals surface area contributed by atoms with Gasteiger partial charge in [0, 0.05) is 0 Å². The predicted octanol–water partition coefficient (Wildman–Crippen LogP) is 3.69. The fourth-order valence-corrected chi connectivity index (χ4v) is 35.0. The van der Waals surface area contributed by atoms with Crippen molar-refractivity contribution in [3.05, 3.63) is 0 Å². The SMILES string of the molecule is C[CH2][Sn]([CH2]C)([S]CC[Si](OC)(OC)OC)[S]CC[Si](OC)(OC)OC. The van der Waals surface area contributed by atoms with Crippen LogP contribution in [0.15, 0.2) is 0 Å². The van der Waals surface area contributed by atoms with Gasteiger partial charge in [-0.25, -0.2) is 0 Å². The van der Waals surface area contributed by atoms with E-state index in [1.165, 1.54) is 8.87 Å². The van der Waals surface area contributed by atoms with Crippen molar-refractivity contribution >= 4 is 51.1 Å². The van der Waals surface area contributed by atoms with Gasteiger partial charge in [-0.05, 0) is 0 Å². The molecule has 0 atom stereocenters. The van der Waals surface area contributed by atoms with Crippen molar-refractivity contribution in [1.29, 1.82) is 0 Å². The number of hydrogen-bond acceptors (Lipinski definition) is 8. The van der Waals surface area contributed by atoms with E-state index in [-0.39, 0.29) is 0 Å². The van der Waals surface area contributed by atoms with Gasteiger partial charge in [0.2, 0.25) is 0 Å². The Balaban J connectivity index is 4.69. The molecule has 0 N–H and O–H groups in total. The molecule has 0 unspecified atom stereocenters. The average molecular weight is 539 g/mol. The molecule has 6 nitrogen and oxygen atoms in total. The molecule has 0 aromatic heterocycles. The summed E-state index contributed by atoms with van der Waals surface area (Å²) in [6.45, 7) is 4.67. The molecule has 0 amide bonds. The van der Waals surface area contributed by atoms with Gasteiger partial charge < -0.3 is 0 Å². The van der Waals surface area contributed by atoms with Crippen molar-refractivity contribution < 1.29 is 26.6 Å². The maximum atomic E-state index is 5.54. The molecule has 0 saturated heterocycles. The second-order valence-corrected chi connectivity index (χ2v) is 39.4. The quantitative estimate of drug-likeness (QED) is 0.276. The van der Waals surface area contributed by atoms with Gasteiger partial charge in [0.15, 0.2) is 0 Å². The molecule has 25 heavy (non-hydrogen) atoms. The van der Waals surface area contributed by atoms with Crippen molar-refractivity contribution in [2.24, 2.45) is 0 Å². The minimum atomic E-state index is -2.47. The van der Waals surface area contributed by atoms with Gasteiger partial charge in [0.25, 0.3) is 0 Å². The molecule has 152 valence electrons. The third-order valence-corrected chi connectivity index (χ3v) is 43.7. The summed E-state index contributed by atoms with van der Waals surface area (Å²) >= 11 is -2.31. The van der Waals surface area contributed by atoms with Crippen LogP contribution in [0.3, 0.4) is 0 Å². The summed E-state index contributed by atoms with van der Waals surface area (Å²) in [5.74, 6) is 2.07. The van der Waals surface area contributed by atoms with Crippen LogP contribution < -0.4 is 0 Å². The molecule has 0 heterocycles. The Morgan fingerprint density at radius 1 is 0.600 bits per heavy atom. The Hall–Kier alpha value is 1.69. The third kappa shape index (κ3) is 8.30. The van der Waals surface area contributed by atoms with Gasteiger partial charge >= 0.3 is 167 Å². The van der Waals surface area contributed by atoms with Gasteiger partial charge in [-0.2, -0.15) is 0 Å². The van der Waals surface area contributed by atoms with Crippen molar-refractivity contribution in [2.75, 3.05) is 54.2 Å². The first-order chi connectivity index (χ1) is 11.9. The van der Waals surface area contributed by atoms with Gasteiger partial charge in [-0.1, -0.05) is 0 Å². The summed E-state index contributed by atoms with van der Waals surface area (Å²) in [4.78, 5) is 0. The molecular weight excluding hydrogens is 503 g/mol. The molecule has 0 aliphatic rings. The van der Waals surface area contributed by atoms with E-state index in [4.69, 9.17) is 26.6 Å². The fourth-order valence-electron chi connectivity index (χ4n) is 2.54. The zero-order valence-electron chi connectivity index (χ0n) is 17.0. The van der Waals surface area contributed by atoms with Crippen LogP contribution in [0.4, 0.5) is 0 Å². The molecule has 0 aromatic rings. The van der Waals surface area contributed by atoms with Crippen LogP contribution in [-0.4, -0.2) is 87.4 Å².